The molecule has 1 atom stereocenters. The Morgan fingerprint density at radius 2 is 1.82 bits per heavy atom. The first kappa shape index (κ1) is 27.5. The molecular weight excluding hydrogens is 517 g/mol. The van der Waals surface area contributed by atoms with Crippen molar-refractivity contribution in [3.05, 3.63) is 60.7 Å². The molecule has 2 aliphatic rings. The number of benzene rings is 2. The largest absolute Gasteiger partial charge is 0.358 e. The summed E-state index contributed by atoms with van der Waals surface area (Å²) in [5.74, 6) is 0.254. The zero-order valence-electron chi connectivity index (χ0n) is 22.4. The van der Waals surface area contributed by atoms with Crippen LogP contribution in [0.4, 0.5) is 10.2 Å². The highest BCUT2D eigenvalue weighted by Gasteiger charge is 2.49. The van der Waals surface area contributed by atoms with Gasteiger partial charge in [0.25, 0.3) is 0 Å². The number of rotatable bonds is 9. The number of sulfone groups is 1. The van der Waals surface area contributed by atoms with Crippen LogP contribution in [-0.2, 0) is 14.6 Å². The van der Waals surface area contributed by atoms with Gasteiger partial charge in [-0.15, -0.1) is 0 Å². The number of likely N-dealkylation sites (tertiary alicyclic amines) is 1. The summed E-state index contributed by atoms with van der Waals surface area (Å²) in [5.41, 5.74) is -0.216. The zero-order valence-corrected chi connectivity index (χ0v) is 23.3. The first-order chi connectivity index (χ1) is 18.7. The lowest BCUT2D eigenvalue weighted by molar-refractivity contribution is -0.134. The molecule has 1 saturated carbocycles. The van der Waals surface area contributed by atoms with Crippen LogP contribution in [0.15, 0.2) is 59.8 Å². The molecule has 0 radical (unpaired) electrons. The lowest BCUT2D eigenvalue weighted by Crippen LogP contribution is -2.58. The highest BCUT2D eigenvalue weighted by Crippen LogP contribution is 2.39. The van der Waals surface area contributed by atoms with E-state index in [-0.39, 0.29) is 16.6 Å². The summed E-state index contributed by atoms with van der Waals surface area (Å²) in [5, 5.41) is 7.32. The van der Waals surface area contributed by atoms with Gasteiger partial charge in [-0.1, -0.05) is 32.0 Å². The molecule has 0 spiro atoms. The van der Waals surface area contributed by atoms with E-state index in [1.165, 1.54) is 18.5 Å². The van der Waals surface area contributed by atoms with Crippen LogP contribution in [0.25, 0.3) is 10.9 Å². The van der Waals surface area contributed by atoms with Crippen molar-refractivity contribution in [1.29, 1.82) is 0 Å². The SMILES string of the molecule is CC(C)CNC1CCC(CS(=O)(=O)c2ccccc2)(N2CC[C@H](Nc3ncnc4ccc(F)cc34)C2=O)CC1. The molecule has 1 aliphatic carbocycles. The van der Waals surface area contributed by atoms with Crippen molar-refractivity contribution >= 4 is 32.5 Å². The second-order valence-electron chi connectivity index (χ2n) is 11.2. The number of hydrogen-bond acceptors (Lipinski definition) is 7. The zero-order chi connectivity index (χ0) is 27.6. The molecule has 3 aromatic rings. The van der Waals surface area contributed by atoms with Crippen LogP contribution in [0.1, 0.15) is 46.0 Å². The summed E-state index contributed by atoms with van der Waals surface area (Å²) in [7, 11) is -3.63. The Labute approximate surface area is 229 Å². The smallest absolute Gasteiger partial charge is 0.245 e. The molecule has 2 N–H and O–H groups in total. The van der Waals surface area contributed by atoms with Gasteiger partial charge in [0.1, 0.15) is 24.0 Å². The van der Waals surface area contributed by atoms with E-state index in [0.717, 1.165) is 19.4 Å². The summed E-state index contributed by atoms with van der Waals surface area (Å²) < 4.78 is 41.2. The van der Waals surface area contributed by atoms with Crippen molar-refractivity contribution in [3.63, 3.8) is 0 Å². The van der Waals surface area contributed by atoms with Gasteiger partial charge >= 0.3 is 0 Å². The minimum atomic E-state index is -3.63. The fraction of sp³-hybridized carbons (Fsp3) is 0.483. The van der Waals surface area contributed by atoms with E-state index in [9.17, 15) is 17.6 Å². The second kappa shape index (κ2) is 11.2. The van der Waals surface area contributed by atoms with Crippen LogP contribution in [0.3, 0.4) is 0 Å². The molecule has 1 aromatic heterocycles. The summed E-state index contributed by atoms with van der Waals surface area (Å²) in [6.07, 6.45) is 4.70. The van der Waals surface area contributed by atoms with Crippen molar-refractivity contribution in [1.82, 2.24) is 20.2 Å². The number of aromatic nitrogens is 2. The second-order valence-corrected chi connectivity index (χ2v) is 13.2. The van der Waals surface area contributed by atoms with E-state index in [0.29, 0.717) is 54.5 Å². The molecule has 10 heteroatoms. The number of nitrogens with one attached hydrogen (secondary N) is 2. The standard InChI is InChI=1S/C29H36FN5O3S/c1-20(2)17-31-22-10-13-29(14-11-22,18-39(37,38)23-6-4-3-5-7-23)35-15-12-26(28(35)36)34-27-24-16-21(30)8-9-25(24)32-19-33-27/h3-9,16,19-20,22,26,31H,10-15,17-18H2,1-2H3,(H,32,33,34)/t22?,26-,29?/m0/s1. The molecule has 1 saturated heterocycles. The Kier molecular flexibility index (Phi) is 7.87. The fourth-order valence-corrected chi connectivity index (χ4v) is 7.80. The van der Waals surface area contributed by atoms with Gasteiger partial charge in [0.2, 0.25) is 5.91 Å². The molecule has 0 bridgehead atoms. The van der Waals surface area contributed by atoms with E-state index in [1.54, 1.807) is 41.3 Å². The van der Waals surface area contributed by atoms with Crippen LogP contribution in [0.2, 0.25) is 0 Å². The van der Waals surface area contributed by atoms with Crippen LogP contribution in [-0.4, -0.2) is 65.7 Å². The number of halogens is 1. The minimum Gasteiger partial charge on any atom is -0.358 e. The number of carbonyl (C=O) groups is 1. The van der Waals surface area contributed by atoms with E-state index < -0.39 is 27.2 Å². The third kappa shape index (κ3) is 5.91. The van der Waals surface area contributed by atoms with Gasteiger partial charge in [0.15, 0.2) is 9.84 Å². The van der Waals surface area contributed by atoms with Crippen molar-refractivity contribution in [2.24, 2.45) is 5.92 Å². The quantitative estimate of drug-likeness (QED) is 0.410. The van der Waals surface area contributed by atoms with Gasteiger partial charge in [-0.3, -0.25) is 4.79 Å². The molecule has 8 nitrogen and oxygen atoms in total. The predicted octanol–water partition coefficient (Wildman–Crippen LogP) is 4.18. The maximum Gasteiger partial charge on any atom is 0.245 e. The average molecular weight is 554 g/mol. The molecule has 2 aromatic carbocycles. The lowest BCUT2D eigenvalue weighted by Gasteiger charge is -2.46. The lowest BCUT2D eigenvalue weighted by atomic mass is 9.79. The molecule has 1 amide bonds. The normalized spacial score (nSPS) is 24.0. The Morgan fingerprint density at radius 1 is 1.08 bits per heavy atom. The van der Waals surface area contributed by atoms with Gasteiger partial charge in [-0.25, -0.2) is 22.8 Å². The maximum atomic E-state index is 14.0. The molecule has 1 aliphatic heterocycles. The van der Waals surface area contributed by atoms with Gasteiger partial charge < -0.3 is 15.5 Å². The molecule has 2 heterocycles. The van der Waals surface area contributed by atoms with Crippen LogP contribution in [0.5, 0.6) is 0 Å². The van der Waals surface area contributed by atoms with Crippen LogP contribution in [0, 0.1) is 11.7 Å². The average Bonchev–Trinajstić information content (AvgIpc) is 3.29. The van der Waals surface area contributed by atoms with Crippen molar-refractivity contribution in [2.75, 3.05) is 24.2 Å². The third-order valence-corrected chi connectivity index (χ3v) is 9.89. The topological polar surface area (TPSA) is 104 Å². The summed E-state index contributed by atoms with van der Waals surface area (Å²) in [6.45, 7) is 5.68. The molecule has 0 unspecified atom stereocenters. The summed E-state index contributed by atoms with van der Waals surface area (Å²) in [6, 6.07) is 12.5. The van der Waals surface area contributed by atoms with Gasteiger partial charge in [-0.05, 0) is 74.9 Å². The number of nitrogens with zero attached hydrogens (tertiary/aromatic N) is 3. The number of amides is 1. The van der Waals surface area contributed by atoms with Gasteiger partial charge in [0, 0.05) is 18.0 Å². The van der Waals surface area contributed by atoms with E-state index >= 15 is 0 Å². The maximum absolute atomic E-state index is 14.0. The minimum absolute atomic E-state index is 0.110. The number of anilines is 1. The van der Waals surface area contributed by atoms with Crippen LogP contribution >= 0.6 is 0 Å². The molecular formula is C29H36FN5O3S. The summed E-state index contributed by atoms with van der Waals surface area (Å²) in [4.78, 5) is 24.4. The van der Waals surface area contributed by atoms with Crippen molar-refractivity contribution in [3.8, 4) is 0 Å². The monoisotopic (exact) mass is 553 g/mol. The Hall–Kier alpha value is -3.11. The first-order valence-electron chi connectivity index (χ1n) is 13.7. The fourth-order valence-electron chi connectivity index (χ4n) is 5.91. The van der Waals surface area contributed by atoms with Gasteiger partial charge in [0.05, 0.1) is 21.7 Å². The van der Waals surface area contributed by atoms with Crippen molar-refractivity contribution < 1.29 is 17.6 Å². The van der Waals surface area contributed by atoms with Crippen molar-refractivity contribution in [2.45, 2.75) is 68.5 Å². The highest BCUT2D eigenvalue weighted by atomic mass is 32.2. The molecule has 5 rings (SSSR count). The Morgan fingerprint density at radius 3 is 2.54 bits per heavy atom. The number of hydrogen-bond donors (Lipinski definition) is 2. The Bertz CT molecular complexity index is 1430. The first-order valence-corrected chi connectivity index (χ1v) is 15.3. The Balaban J connectivity index is 1.40. The predicted molar refractivity (Wildman–Crippen MR) is 150 cm³/mol. The highest BCUT2D eigenvalue weighted by molar-refractivity contribution is 7.91. The van der Waals surface area contributed by atoms with E-state index in [1.807, 2.05) is 0 Å². The summed E-state index contributed by atoms with van der Waals surface area (Å²) >= 11 is 0. The molecule has 39 heavy (non-hydrogen) atoms. The molecule has 2 fully saturated rings. The van der Waals surface area contributed by atoms with Gasteiger partial charge in [-0.2, -0.15) is 0 Å². The van der Waals surface area contributed by atoms with E-state index in [2.05, 4.69) is 34.4 Å². The third-order valence-electron chi connectivity index (χ3n) is 7.98. The molecule has 208 valence electrons. The number of fused-ring (bicyclic) bond motifs is 1. The van der Waals surface area contributed by atoms with E-state index in [4.69, 9.17) is 0 Å². The van der Waals surface area contributed by atoms with Crippen LogP contribution < -0.4 is 10.6 Å². The number of carbonyl (C=O) groups excluding carboxylic acids is 1.